The first-order chi connectivity index (χ1) is 14.6. The van der Waals surface area contributed by atoms with E-state index in [2.05, 4.69) is 64.3 Å². The van der Waals surface area contributed by atoms with E-state index in [1.54, 1.807) is 0 Å². The summed E-state index contributed by atoms with van der Waals surface area (Å²) in [7, 11) is 0. The molecule has 2 aliphatic rings. The van der Waals surface area contributed by atoms with Gasteiger partial charge in [-0.1, -0.05) is 37.4 Å². The smallest absolute Gasteiger partial charge is 0.154 e. The third kappa shape index (κ3) is 3.18. The molecule has 2 aliphatic heterocycles. The molecule has 2 aromatic carbocycles. The van der Waals surface area contributed by atoms with Crippen LogP contribution >= 0.6 is 0 Å². The first-order valence-electron chi connectivity index (χ1n) is 9.80. The Morgan fingerprint density at radius 3 is 2.93 bits per heavy atom. The number of aliphatic imine (C=N–C) groups is 1. The molecular weight excluding hydrogens is 372 g/mol. The number of H-pyrrole nitrogens is 1. The number of rotatable bonds is 3. The number of benzene rings is 2. The summed E-state index contributed by atoms with van der Waals surface area (Å²) in [6.07, 6.45) is 8.61. The summed E-state index contributed by atoms with van der Waals surface area (Å²) in [6.45, 7) is 10.2. The van der Waals surface area contributed by atoms with E-state index in [-0.39, 0.29) is 0 Å². The van der Waals surface area contributed by atoms with Gasteiger partial charge in [-0.05, 0) is 30.7 Å². The van der Waals surface area contributed by atoms with E-state index in [0.717, 1.165) is 51.4 Å². The van der Waals surface area contributed by atoms with Gasteiger partial charge in [-0.15, -0.1) is 0 Å². The van der Waals surface area contributed by atoms with Crippen molar-refractivity contribution in [1.29, 1.82) is 0 Å². The SMILES string of the molecule is C=C1Cc2ccc(NC3=NC(c4ccc5cn[nH]c5c4)=CN(/C=C\C)C3=C)cc2N1. The number of anilines is 2. The summed E-state index contributed by atoms with van der Waals surface area (Å²) in [5.41, 5.74) is 7.88. The van der Waals surface area contributed by atoms with Crippen molar-refractivity contribution in [1.82, 2.24) is 15.1 Å². The summed E-state index contributed by atoms with van der Waals surface area (Å²) in [5.74, 6) is 0.701. The zero-order chi connectivity index (χ0) is 20.7. The Labute approximate surface area is 175 Å². The highest BCUT2D eigenvalue weighted by atomic mass is 15.2. The van der Waals surface area contributed by atoms with Crippen molar-refractivity contribution in [2.45, 2.75) is 13.3 Å². The predicted molar refractivity (Wildman–Crippen MR) is 124 cm³/mol. The van der Waals surface area contributed by atoms with Gasteiger partial charge >= 0.3 is 0 Å². The van der Waals surface area contributed by atoms with E-state index in [1.807, 2.05) is 42.6 Å². The maximum absolute atomic E-state index is 4.88. The number of hydrogen-bond donors (Lipinski definition) is 3. The molecular formula is C24H22N6. The van der Waals surface area contributed by atoms with Crippen molar-refractivity contribution in [3.63, 3.8) is 0 Å². The molecule has 0 atom stereocenters. The Hall–Kier alpha value is -4.06. The van der Waals surface area contributed by atoms with Crippen molar-refractivity contribution in [2.75, 3.05) is 10.6 Å². The van der Waals surface area contributed by atoms with Crippen LogP contribution < -0.4 is 10.6 Å². The third-order valence-electron chi connectivity index (χ3n) is 5.21. The van der Waals surface area contributed by atoms with E-state index in [4.69, 9.17) is 4.99 Å². The Bertz CT molecular complexity index is 1270. The normalized spacial score (nSPS) is 16.0. The first kappa shape index (κ1) is 18.0. The minimum absolute atomic E-state index is 0.701. The molecule has 0 spiro atoms. The molecule has 3 heterocycles. The lowest BCUT2D eigenvalue weighted by Gasteiger charge is -2.26. The zero-order valence-corrected chi connectivity index (χ0v) is 16.7. The zero-order valence-electron chi connectivity index (χ0n) is 16.7. The van der Waals surface area contributed by atoms with Crippen LogP contribution in [-0.4, -0.2) is 20.9 Å². The molecule has 0 amide bonds. The highest BCUT2D eigenvalue weighted by molar-refractivity contribution is 6.11. The molecule has 0 aliphatic carbocycles. The highest BCUT2D eigenvalue weighted by Gasteiger charge is 2.20. The number of nitrogens with one attached hydrogen (secondary N) is 3. The van der Waals surface area contributed by atoms with E-state index in [9.17, 15) is 0 Å². The highest BCUT2D eigenvalue weighted by Crippen LogP contribution is 2.31. The second-order valence-electron chi connectivity index (χ2n) is 7.39. The molecule has 148 valence electrons. The minimum atomic E-state index is 0.701. The van der Waals surface area contributed by atoms with Crippen LogP contribution in [0.15, 0.2) is 90.6 Å². The molecule has 0 saturated carbocycles. The minimum Gasteiger partial charge on any atom is -0.359 e. The molecule has 1 aromatic heterocycles. The molecule has 30 heavy (non-hydrogen) atoms. The lowest BCUT2D eigenvalue weighted by Crippen LogP contribution is -2.26. The molecule has 0 radical (unpaired) electrons. The van der Waals surface area contributed by atoms with Crippen LogP contribution in [-0.2, 0) is 6.42 Å². The van der Waals surface area contributed by atoms with Gasteiger partial charge < -0.3 is 15.5 Å². The monoisotopic (exact) mass is 394 g/mol. The van der Waals surface area contributed by atoms with Gasteiger partial charge in [0.2, 0.25) is 0 Å². The van der Waals surface area contributed by atoms with Crippen LogP contribution in [0.5, 0.6) is 0 Å². The van der Waals surface area contributed by atoms with E-state index >= 15 is 0 Å². The molecule has 0 unspecified atom stereocenters. The fourth-order valence-electron chi connectivity index (χ4n) is 3.70. The number of nitrogens with zero attached hydrogens (tertiary/aromatic N) is 3. The van der Waals surface area contributed by atoms with Crippen molar-refractivity contribution in [3.05, 3.63) is 96.7 Å². The Morgan fingerprint density at radius 1 is 1.17 bits per heavy atom. The van der Waals surface area contributed by atoms with Gasteiger partial charge in [0.15, 0.2) is 5.84 Å². The third-order valence-corrected chi connectivity index (χ3v) is 5.21. The Morgan fingerprint density at radius 2 is 2.07 bits per heavy atom. The van der Waals surface area contributed by atoms with E-state index in [1.165, 1.54) is 5.56 Å². The lowest BCUT2D eigenvalue weighted by molar-refractivity contribution is 0.658. The van der Waals surface area contributed by atoms with Crippen molar-refractivity contribution in [3.8, 4) is 0 Å². The van der Waals surface area contributed by atoms with Crippen LogP contribution in [0.25, 0.3) is 16.6 Å². The van der Waals surface area contributed by atoms with Gasteiger partial charge in [0.1, 0.15) is 0 Å². The molecule has 5 rings (SSSR count). The molecule has 0 saturated heterocycles. The Balaban J connectivity index is 1.51. The van der Waals surface area contributed by atoms with E-state index < -0.39 is 0 Å². The number of amidine groups is 1. The first-order valence-corrected chi connectivity index (χ1v) is 9.80. The standard InChI is InChI=1S/C24H22N6/c1-4-9-30-14-23(18-5-6-19-13-25-29-22(19)11-18)28-24(16(30)3)27-20-8-7-17-10-15(2)26-21(17)12-20/h4-9,11-14,26H,2-3,10H2,1H3,(H,25,29)(H,27,28)/b9-4-. The number of allylic oxidation sites excluding steroid dienone is 2. The molecule has 3 N–H and O–H groups in total. The molecule has 3 aromatic rings. The summed E-state index contributed by atoms with van der Waals surface area (Å²) in [5, 5.41) is 15.0. The Kier molecular flexibility index (Phi) is 4.25. The molecule has 0 bridgehead atoms. The van der Waals surface area contributed by atoms with Gasteiger partial charge in [-0.2, -0.15) is 5.10 Å². The quantitative estimate of drug-likeness (QED) is 0.570. The van der Waals surface area contributed by atoms with Crippen molar-refractivity contribution >= 4 is 33.8 Å². The number of aromatic nitrogens is 2. The fraction of sp³-hybridized carbons (Fsp3) is 0.0833. The number of aromatic amines is 1. The summed E-state index contributed by atoms with van der Waals surface area (Å²) in [6, 6.07) is 12.4. The predicted octanol–water partition coefficient (Wildman–Crippen LogP) is 5.22. The maximum Gasteiger partial charge on any atom is 0.154 e. The van der Waals surface area contributed by atoms with Crippen molar-refractivity contribution < 1.29 is 0 Å². The fourth-order valence-corrected chi connectivity index (χ4v) is 3.70. The largest absolute Gasteiger partial charge is 0.359 e. The topological polar surface area (TPSA) is 68.3 Å². The van der Waals surface area contributed by atoms with Crippen LogP contribution in [0.2, 0.25) is 0 Å². The van der Waals surface area contributed by atoms with Gasteiger partial charge in [-0.3, -0.25) is 5.10 Å². The second kappa shape index (κ2) is 7.08. The van der Waals surface area contributed by atoms with Crippen molar-refractivity contribution in [2.24, 2.45) is 4.99 Å². The van der Waals surface area contributed by atoms with E-state index in [0.29, 0.717) is 5.84 Å². The molecule has 6 nitrogen and oxygen atoms in total. The molecule has 6 heteroatoms. The van der Waals surface area contributed by atoms with Crippen LogP contribution in [0.1, 0.15) is 18.1 Å². The van der Waals surface area contributed by atoms with Gasteiger partial charge in [-0.25, -0.2) is 4.99 Å². The van der Waals surface area contributed by atoms with Gasteiger partial charge in [0, 0.05) is 46.8 Å². The average molecular weight is 394 g/mol. The number of fused-ring (bicyclic) bond motifs is 2. The summed E-state index contributed by atoms with van der Waals surface area (Å²) < 4.78 is 0. The second-order valence-corrected chi connectivity index (χ2v) is 7.39. The van der Waals surface area contributed by atoms with Crippen LogP contribution in [0.4, 0.5) is 11.4 Å². The van der Waals surface area contributed by atoms with Gasteiger partial charge in [0.05, 0.1) is 23.1 Å². The van der Waals surface area contributed by atoms with Crippen LogP contribution in [0.3, 0.4) is 0 Å². The number of hydrogen-bond acceptors (Lipinski definition) is 5. The maximum atomic E-state index is 4.88. The van der Waals surface area contributed by atoms with Gasteiger partial charge in [0.25, 0.3) is 0 Å². The average Bonchev–Trinajstić information content (AvgIpc) is 3.35. The lowest BCUT2D eigenvalue weighted by atomic mass is 10.1. The molecule has 0 fully saturated rings. The van der Waals surface area contributed by atoms with Crippen LogP contribution in [0, 0.1) is 0 Å². The summed E-state index contributed by atoms with van der Waals surface area (Å²) in [4.78, 5) is 6.86. The summed E-state index contributed by atoms with van der Waals surface area (Å²) >= 11 is 0.